The van der Waals surface area contributed by atoms with Gasteiger partial charge in [0.15, 0.2) is 0 Å². The van der Waals surface area contributed by atoms with E-state index in [1.807, 2.05) is 17.8 Å². The maximum absolute atomic E-state index is 12.4. The fourth-order valence-corrected chi connectivity index (χ4v) is 5.47. The van der Waals surface area contributed by atoms with Gasteiger partial charge in [-0.15, -0.1) is 11.3 Å². The van der Waals surface area contributed by atoms with E-state index < -0.39 is 0 Å². The van der Waals surface area contributed by atoms with E-state index in [4.69, 9.17) is 0 Å². The molecule has 1 aliphatic carbocycles. The topological polar surface area (TPSA) is 52.9 Å². The molecule has 1 aromatic rings. The van der Waals surface area contributed by atoms with E-state index in [2.05, 4.69) is 11.4 Å². The first kappa shape index (κ1) is 14.9. The van der Waals surface area contributed by atoms with Crippen LogP contribution in [0, 0.1) is 17.2 Å². The molecule has 1 amide bonds. The number of nitrogens with one attached hydrogen (secondary N) is 1. The number of thioether (sulfide) groups is 1. The Morgan fingerprint density at radius 3 is 2.90 bits per heavy atom. The standard InChI is InChI=1S/C16H20N2OS2/c17-9-13(11-4-2-1-3-5-11)18-16(19)15-8-12-10-20-7-6-14(12)21-15/h8,11,13H,1-7,10H2,(H,18,19). The van der Waals surface area contributed by atoms with E-state index in [0.717, 1.165) is 35.6 Å². The lowest BCUT2D eigenvalue weighted by atomic mass is 9.84. The molecule has 1 atom stereocenters. The quantitative estimate of drug-likeness (QED) is 0.923. The van der Waals surface area contributed by atoms with Crippen molar-refractivity contribution in [3.8, 4) is 6.07 Å². The van der Waals surface area contributed by atoms with Crippen LogP contribution in [-0.4, -0.2) is 17.7 Å². The highest BCUT2D eigenvalue weighted by Gasteiger charge is 2.26. The number of aryl methyl sites for hydroxylation is 1. The zero-order valence-electron chi connectivity index (χ0n) is 12.1. The van der Waals surface area contributed by atoms with E-state index >= 15 is 0 Å². The summed E-state index contributed by atoms with van der Waals surface area (Å²) >= 11 is 3.53. The molecule has 1 saturated carbocycles. The van der Waals surface area contributed by atoms with Crippen molar-refractivity contribution in [2.24, 2.45) is 5.92 Å². The molecule has 0 radical (unpaired) electrons. The van der Waals surface area contributed by atoms with E-state index in [9.17, 15) is 10.1 Å². The number of nitrogens with zero attached hydrogens (tertiary/aromatic N) is 1. The summed E-state index contributed by atoms with van der Waals surface area (Å²) in [5, 5.41) is 12.3. The molecule has 1 fully saturated rings. The first-order valence-corrected chi connectivity index (χ1v) is 9.65. The molecular weight excluding hydrogens is 300 g/mol. The SMILES string of the molecule is N#CC(NC(=O)c1cc2c(s1)CCSC2)C1CCCCC1. The molecule has 1 N–H and O–H groups in total. The van der Waals surface area contributed by atoms with E-state index in [1.54, 1.807) is 11.3 Å². The predicted molar refractivity (Wildman–Crippen MR) is 87.6 cm³/mol. The van der Waals surface area contributed by atoms with Gasteiger partial charge in [0.2, 0.25) is 0 Å². The Hall–Kier alpha value is -0.990. The monoisotopic (exact) mass is 320 g/mol. The van der Waals surface area contributed by atoms with Gasteiger partial charge in [-0.05, 0) is 42.6 Å². The molecule has 0 aromatic carbocycles. The van der Waals surface area contributed by atoms with Crippen LogP contribution in [0.1, 0.15) is 52.2 Å². The van der Waals surface area contributed by atoms with Gasteiger partial charge < -0.3 is 5.32 Å². The summed E-state index contributed by atoms with van der Waals surface area (Å²) in [5.41, 5.74) is 1.31. The molecule has 1 aromatic heterocycles. The Labute approximate surface area is 134 Å². The van der Waals surface area contributed by atoms with Gasteiger partial charge in [0.25, 0.3) is 5.91 Å². The van der Waals surface area contributed by atoms with Crippen LogP contribution in [0.4, 0.5) is 0 Å². The van der Waals surface area contributed by atoms with Crippen LogP contribution in [0.5, 0.6) is 0 Å². The van der Waals surface area contributed by atoms with Crippen molar-refractivity contribution in [3.63, 3.8) is 0 Å². The zero-order valence-corrected chi connectivity index (χ0v) is 13.7. The summed E-state index contributed by atoms with van der Waals surface area (Å²) in [7, 11) is 0. The minimum atomic E-state index is -0.327. The number of hydrogen-bond acceptors (Lipinski definition) is 4. The van der Waals surface area contributed by atoms with Crippen molar-refractivity contribution < 1.29 is 4.79 Å². The lowest BCUT2D eigenvalue weighted by Gasteiger charge is -2.26. The first-order chi connectivity index (χ1) is 10.3. The molecule has 3 rings (SSSR count). The summed E-state index contributed by atoms with van der Waals surface area (Å²) in [6.45, 7) is 0. The van der Waals surface area contributed by atoms with Gasteiger partial charge >= 0.3 is 0 Å². The molecule has 1 unspecified atom stereocenters. The van der Waals surface area contributed by atoms with Crippen LogP contribution in [0.15, 0.2) is 6.07 Å². The number of carbonyl (C=O) groups is 1. The van der Waals surface area contributed by atoms with Crippen molar-refractivity contribution in [3.05, 3.63) is 21.4 Å². The van der Waals surface area contributed by atoms with Crippen LogP contribution < -0.4 is 5.32 Å². The summed E-state index contributed by atoms with van der Waals surface area (Å²) in [6, 6.07) is 4.00. The Bertz CT molecular complexity index is 532. The number of hydrogen-bond donors (Lipinski definition) is 1. The van der Waals surface area contributed by atoms with E-state index in [1.165, 1.54) is 29.7 Å². The molecular formula is C16H20N2OS2. The molecule has 3 nitrogen and oxygen atoms in total. The highest BCUT2D eigenvalue weighted by Crippen LogP contribution is 2.32. The van der Waals surface area contributed by atoms with Gasteiger partial charge in [0, 0.05) is 10.6 Å². The summed E-state index contributed by atoms with van der Waals surface area (Å²) < 4.78 is 0. The minimum absolute atomic E-state index is 0.0588. The summed E-state index contributed by atoms with van der Waals surface area (Å²) in [4.78, 5) is 14.5. The fraction of sp³-hybridized carbons (Fsp3) is 0.625. The number of thiophene rings is 1. The first-order valence-electron chi connectivity index (χ1n) is 7.67. The van der Waals surface area contributed by atoms with E-state index in [0.29, 0.717) is 5.92 Å². The normalized spacial score (nSPS) is 20.3. The van der Waals surface area contributed by atoms with Gasteiger partial charge in [0.05, 0.1) is 10.9 Å². The van der Waals surface area contributed by atoms with Crippen LogP contribution in [0.25, 0.3) is 0 Å². The number of amides is 1. The Kier molecular flexibility index (Phi) is 4.87. The average molecular weight is 320 g/mol. The van der Waals surface area contributed by atoms with Crippen molar-refractivity contribution >= 4 is 29.0 Å². The van der Waals surface area contributed by atoms with Gasteiger partial charge in [-0.2, -0.15) is 17.0 Å². The Morgan fingerprint density at radius 1 is 1.38 bits per heavy atom. The largest absolute Gasteiger partial charge is 0.335 e. The fourth-order valence-electron chi connectivity index (χ4n) is 3.19. The second kappa shape index (κ2) is 6.85. The molecule has 5 heteroatoms. The molecule has 0 saturated heterocycles. The maximum Gasteiger partial charge on any atom is 0.262 e. The molecule has 21 heavy (non-hydrogen) atoms. The molecule has 0 spiro atoms. The number of fused-ring (bicyclic) bond motifs is 1. The van der Waals surface area contributed by atoms with E-state index in [-0.39, 0.29) is 11.9 Å². The second-order valence-corrected chi connectivity index (χ2v) is 8.08. The smallest absolute Gasteiger partial charge is 0.262 e. The van der Waals surface area contributed by atoms with Gasteiger partial charge in [0.1, 0.15) is 6.04 Å². The van der Waals surface area contributed by atoms with Gasteiger partial charge in [-0.3, -0.25) is 4.79 Å². The number of nitriles is 1. The maximum atomic E-state index is 12.4. The lowest BCUT2D eigenvalue weighted by molar-refractivity contribution is 0.0933. The predicted octanol–water partition coefficient (Wildman–Crippen LogP) is 3.74. The highest BCUT2D eigenvalue weighted by molar-refractivity contribution is 7.98. The zero-order chi connectivity index (χ0) is 14.7. The van der Waals surface area contributed by atoms with Gasteiger partial charge in [-0.25, -0.2) is 0 Å². The van der Waals surface area contributed by atoms with Crippen molar-refractivity contribution in [2.45, 2.75) is 50.3 Å². The Morgan fingerprint density at radius 2 is 2.19 bits per heavy atom. The average Bonchev–Trinajstić information content (AvgIpc) is 2.97. The molecule has 2 heterocycles. The third-order valence-corrected chi connectivity index (χ3v) is 6.64. The van der Waals surface area contributed by atoms with Crippen LogP contribution >= 0.6 is 23.1 Å². The Balaban J connectivity index is 1.67. The highest BCUT2D eigenvalue weighted by atomic mass is 32.2. The molecule has 112 valence electrons. The lowest BCUT2D eigenvalue weighted by Crippen LogP contribution is -2.39. The van der Waals surface area contributed by atoms with Crippen molar-refractivity contribution in [2.75, 3.05) is 5.75 Å². The van der Waals surface area contributed by atoms with Crippen LogP contribution in [-0.2, 0) is 12.2 Å². The van der Waals surface area contributed by atoms with Crippen LogP contribution in [0.2, 0.25) is 0 Å². The molecule has 2 aliphatic rings. The summed E-state index contributed by atoms with van der Waals surface area (Å²) in [6.07, 6.45) is 6.83. The second-order valence-electron chi connectivity index (χ2n) is 5.84. The van der Waals surface area contributed by atoms with Gasteiger partial charge in [-0.1, -0.05) is 19.3 Å². The van der Waals surface area contributed by atoms with Crippen LogP contribution in [0.3, 0.4) is 0 Å². The third-order valence-electron chi connectivity index (χ3n) is 4.40. The number of rotatable bonds is 3. The van der Waals surface area contributed by atoms with Crippen molar-refractivity contribution in [1.29, 1.82) is 5.26 Å². The minimum Gasteiger partial charge on any atom is -0.335 e. The third kappa shape index (κ3) is 3.44. The number of carbonyl (C=O) groups excluding carboxylic acids is 1. The molecule has 1 aliphatic heterocycles. The van der Waals surface area contributed by atoms with Crippen molar-refractivity contribution in [1.82, 2.24) is 5.32 Å². The summed E-state index contributed by atoms with van der Waals surface area (Å²) in [5.74, 6) is 2.44. The molecule has 0 bridgehead atoms.